The molecular weight excluding hydrogens is 402 g/mol. The van der Waals surface area contributed by atoms with Gasteiger partial charge in [0.2, 0.25) is 0 Å². The van der Waals surface area contributed by atoms with Gasteiger partial charge in [0.05, 0.1) is 18.4 Å². The summed E-state index contributed by atoms with van der Waals surface area (Å²) < 4.78 is 32.2. The molecule has 31 heavy (non-hydrogen) atoms. The van der Waals surface area contributed by atoms with Gasteiger partial charge in [-0.2, -0.15) is 0 Å². The average Bonchev–Trinajstić information content (AvgIpc) is 3.01. The Morgan fingerprint density at radius 3 is 2.13 bits per heavy atom. The number of nitrogens with one attached hydrogen (secondary N) is 1. The molecule has 1 aliphatic heterocycles. The fourth-order valence-electron chi connectivity index (χ4n) is 3.32. The number of hydrogen-bond acceptors (Lipinski definition) is 4. The maximum atomic E-state index is 13.7. The van der Waals surface area contributed by atoms with Gasteiger partial charge in [-0.15, -0.1) is 0 Å². The summed E-state index contributed by atoms with van der Waals surface area (Å²) in [6.45, 7) is 1.91. The molecule has 7 heteroatoms. The van der Waals surface area contributed by atoms with Gasteiger partial charge in [-0.3, -0.25) is 9.59 Å². The molecule has 0 atom stereocenters. The maximum absolute atomic E-state index is 13.7. The molecule has 3 aromatic rings. The number of benzene rings is 3. The van der Waals surface area contributed by atoms with Crippen LogP contribution >= 0.6 is 0 Å². The number of aryl methyl sites for hydroxylation is 1. The number of amides is 2. The molecule has 4 rings (SSSR count). The van der Waals surface area contributed by atoms with E-state index in [0.717, 1.165) is 22.6 Å². The summed E-state index contributed by atoms with van der Waals surface area (Å²) in [7, 11) is 1.52. The Morgan fingerprint density at radius 2 is 1.52 bits per heavy atom. The molecule has 3 aromatic carbocycles. The number of halogens is 2. The zero-order valence-electron chi connectivity index (χ0n) is 16.8. The van der Waals surface area contributed by atoms with E-state index in [9.17, 15) is 18.4 Å². The molecule has 0 bridgehead atoms. The van der Waals surface area contributed by atoms with Crippen LogP contribution in [0.2, 0.25) is 0 Å². The van der Waals surface area contributed by atoms with Crippen molar-refractivity contribution in [1.29, 1.82) is 0 Å². The van der Waals surface area contributed by atoms with Gasteiger partial charge < -0.3 is 10.1 Å². The molecule has 0 saturated carbocycles. The van der Waals surface area contributed by atoms with Crippen molar-refractivity contribution in [3.8, 4) is 5.75 Å². The van der Waals surface area contributed by atoms with Gasteiger partial charge in [-0.05, 0) is 48.9 Å². The number of ether oxygens (including phenoxy) is 1. The van der Waals surface area contributed by atoms with Crippen LogP contribution in [-0.2, 0) is 9.59 Å². The van der Waals surface area contributed by atoms with E-state index in [4.69, 9.17) is 4.74 Å². The summed E-state index contributed by atoms with van der Waals surface area (Å²) in [5.41, 5.74) is 2.16. The third-order valence-corrected chi connectivity index (χ3v) is 4.94. The van der Waals surface area contributed by atoms with Gasteiger partial charge in [0, 0.05) is 11.8 Å². The lowest BCUT2D eigenvalue weighted by Crippen LogP contribution is -2.32. The minimum atomic E-state index is -1.06. The van der Waals surface area contributed by atoms with Crippen LogP contribution in [0.1, 0.15) is 11.1 Å². The third kappa shape index (κ3) is 3.77. The zero-order valence-corrected chi connectivity index (χ0v) is 16.8. The van der Waals surface area contributed by atoms with Crippen molar-refractivity contribution in [3.05, 3.63) is 95.2 Å². The van der Waals surface area contributed by atoms with Crippen LogP contribution in [-0.4, -0.2) is 18.9 Å². The van der Waals surface area contributed by atoms with E-state index in [2.05, 4.69) is 5.32 Å². The standard InChI is InChI=1S/C24H18F2N2O3/c1-14-3-5-15(6-4-14)21-22(27-16-7-12-19(25)20(26)13-16)24(30)28(23(21)29)17-8-10-18(31-2)11-9-17/h3-13,27H,1-2H3. The van der Waals surface area contributed by atoms with Gasteiger partial charge in [0.25, 0.3) is 11.8 Å². The molecule has 5 nitrogen and oxygen atoms in total. The van der Waals surface area contributed by atoms with E-state index in [1.165, 1.54) is 13.2 Å². The lowest BCUT2D eigenvalue weighted by molar-refractivity contribution is -0.120. The highest BCUT2D eigenvalue weighted by atomic mass is 19.2. The highest BCUT2D eigenvalue weighted by Crippen LogP contribution is 2.34. The van der Waals surface area contributed by atoms with Crippen LogP contribution in [0.3, 0.4) is 0 Å². The van der Waals surface area contributed by atoms with Crippen molar-refractivity contribution in [2.24, 2.45) is 0 Å². The fourth-order valence-corrected chi connectivity index (χ4v) is 3.32. The first-order chi connectivity index (χ1) is 14.9. The van der Waals surface area contributed by atoms with Gasteiger partial charge in [-0.25, -0.2) is 13.7 Å². The first-order valence-electron chi connectivity index (χ1n) is 9.45. The lowest BCUT2D eigenvalue weighted by atomic mass is 10.0. The normalized spacial score (nSPS) is 13.7. The largest absolute Gasteiger partial charge is 0.497 e. The molecular formula is C24H18F2N2O3. The smallest absolute Gasteiger partial charge is 0.282 e. The number of nitrogens with zero attached hydrogens (tertiary/aromatic N) is 1. The zero-order chi connectivity index (χ0) is 22.1. The predicted octanol–water partition coefficient (Wildman–Crippen LogP) is 4.68. The van der Waals surface area contributed by atoms with Gasteiger partial charge in [-0.1, -0.05) is 29.8 Å². The quantitative estimate of drug-likeness (QED) is 0.609. The second-order valence-electron chi connectivity index (χ2n) is 7.01. The summed E-state index contributed by atoms with van der Waals surface area (Å²) in [6, 6.07) is 16.8. The highest BCUT2D eigenvalue weighted by molar-refractivity contribution is 6.46. The van der Waals surface area contributed by atoms with Crippen molar-refractivity contribution in [2.45, 2.75) is 6.92 Å². The molecule has 0 fully saturated rings. The summed E-state index contributed by atoms with van der Waals surface area (Å²) in [5.74, 6) is -2.62. The fraction of sp³-hybridized carbons (Fsp3) is 0.0833. The minimum absolute atomic E-state index is 0.0179. The molecule has 0 aromatic heterocycles. The molecule has 2 amide bonds. The summed E-state index contributed by atoms with van der Waals surface area (Å²) in [5, 5.41) is 2.81. The summed E-state index contributed by atoms with van der Waals surface area (Å²) in [4.78, 5) is 27.6. The van der Waals surface area contributed by atoms with E-state index in [0.29, 0.717) is 17.0 Å². The van der Waals surface area contributed by atoms with E-state index in [1.807, 2.05) is 19.1 Å². The molecule has 1 N–H and O–H groups in total. The molecule has 0 unspecified atom stereocenters. The number of carbonyl (C=O) groups is 2. The van der Waals surface area contributed by atoms with Crippen LogP contribution in [0.15, 0.2) is 72.4 Å². The Hall–Kier alpha value is -4.00. The van der Waals surface area contributed by atoms with Crippen molar-refractivity contribution in [1.82, 2.24) is 0 Å². The van der Waals surface area contributed by atoms with Crippen LogP contribution < -0.4 is 15.0 Å². The van der Waals surface area contributed by atoms with Crippen molar-refractivity contribution < 1.29 is 23.1 Å². The Labute approximate surface area is 177 Å². The number of imide groups is 1. The topological polar surface area (TPSA) is 58.6 Å². The maximum Gasteiger partial charge on any atom is 0.282 e. The Morgan fingerprint density at radius 1 is 0.839 bits per heavy atom. The van der Waals surface area contributed by atoms with Crippen molar-refractivity contribution in [3.63, 3.8) is 0 Å². The number of rotatable bonds is 5. The first kappa shape index (κ1) is 20.3. The molecule has 0 saturated heterocycles. The number of methoxy groups -OCH3 is 1. The first-order valence-corrected chi connectivity index (χ1v) is 9.45. The Balaban J connectivity index is 1.80. The van der Waals surface area contributed by atoms with Gasteiger partial charge in [0.15, 0.2) is 11.6 Å². The van der Waals surface area contributed by atoms with E-state index >= 15 is 0 Å². The second-order valence-corrected chi connectivity index (χ2v) is 7.01. The third-order valence-electron chi connectivity index (χ3n) is 4.94. The predicted molar refractivity (Wildman–Crippen MR) is 114 cm³/mol. The highest BCUT2D eigenvalue weighted by Gasteiger charge is 2.40. The van der Waals surface area contributed by atoms with E-state index in [1.54, 1.807) is 36.4 Å². The number of anilines is 2. The number of carbonyl (C=O) groups excluding carboxylic acids is 2. The van der Waals surface area contributed by atoms with Crippen LogP contribution in [0.4, 0.5) is 20.2 Å². The van der Waals surface area contributed by atoms with E-state index in [-0.39, 0.29) is 17.0 Å². The molecule has 156 valence electrons. The van der Waals surface area contributed by atoms with Gasteiger partial charge in [0.1, 0.15) is 11.4 Å². The second kappa shape index (κ2) is 8.02. The lowest BCUT2D eigenvalue weighted by Gasteiger charge is -2.16. The van der Waals surface area contributed by atoms with Crippen molar-refractivity contribution >= 4 is 28.8 Å². The molecule has 1 heterocycles. The van der Waals surface area contributed by atoms with Gasteiger partial charge >= 0.3 is 0 Å². The van der Waals surface area contributed by atoms with Crippen LogP contribution in [0, 0.1) is 18.6 Å². The summed E-state index contributed by atoms with van der Waals surface area (Å²) in [6.07, 6.45) is 0. The summed E-state index contributed by atoms with van der Waals surface area (Å²) >= 11 is 0. The Bertz CT molecular complexity index is 1200. The van der Waals surface area contributed by atoms with Crippen LogP contribution in [0.25, 0.3) is 5.57 Å². The van der Waals surface area contributed by atoms with Crippen LogP contribution in [0.5, 0.6) is 5.75 Å². The monoisotopic (exact) mass is 420 g/mol. The molecule has 0 aliphatic carbocycles. The average molecular weight is 420 g/mol. The molecule has 1 aliphatic rings. The Kier molecular flexibility index (Phi) is 5.25. The number of hydrogen-bond donors (Lipinski definition) is 1. The molecule has 0 spiro atoms. The van der Waals surface area contributed by atoms with E-state index < -0.39 is 23.4 Å². The SMILES string of the molecule is COc1ccc(N2C(=O)C(Nc3ccc(F)c(F)c3)=C(c3ccc(C)cc3)C2=O)cc1. The minimum Gasteiger partial charge on any atom is -0.497 e. The van der Waals surface area contributed by atoms with Crippen molar-refractivity contribution in [2.75, 3.05) is 17.3 Å². The molecule has 0 radical (unpaired) electrons.